The summed E-state index contributed by atoms with van der Waals surface area (Å²) in [6.45, 7) is 6.66. The summed E-state index contributed by atoms with van der Waals surface area (Å²) in [7, 11) is 0. The van der Waals surface area contributed by atoms with Gasteiger partial charge in [-0.1, -0.05) is 24.3 Å². The van der Waals surface area contributed by atoms with Crippen LogP contribution in [0.2, 0.25) is 0 Å². The number of nitrogens with one attached hydrogen (secondary N) is 1. The number of fused-ring (bicyclic) bond motifs is 3. The normalized spacial score (nSPS) is 19.5. The van der Waals surface area contributed by atoms with Gasteiger partial charge in [-0.25, -0.2) is 14.6 Å². The second kappa shape index (κ2) is 8.13. The minimum atomic E-state index is -0.221. The highest BCUT2D eigenvalue weighted by molar-refractivity contribution is 5.95. The van der Waals surface area contributed by atoms with Gasteiger partial charge in [0.25, 0.3) is 11.9 Å². The molecule has 2 aliphatic rings. The predicted octanol–water partition coefficient (Wildman–Crippen LogP) is 3.81. The maximum atomic E-state index is 13.0. The molecule has 1 amide bonds. The summed E-state index contributed by atoms with van der Waals surface area (Å²) in [6, 6.07) is 8.52. The number of hydrogen-bond donors (Lipinski definition) is 1. The number of nitrogens with zero attached hydrogens (tertiary/aromatic N) is 4. The lowest BCUT2D eigenvalue weighted by Gasteiger charge is -2.35. The fourth-order valence-electron chi connectivity index (χ4n) is 4.81. The first kappa shape index (κ1) is 20.8. The minimum absolute atomic E-state index is 0.0919. The van der Waals surface area contributed by atoms with E-state index < -0.39 is 0 Å². The number of amides is 1. The smallest absolute Gasteiger partial charge is 0.254 e. The summed E-state index contributed by atoms with van der Waals surface area (Å²) in [5, 5.41) is 7.62. The topological polar surface area (TPSA) is 81.9 Å². The van der Waals surface area contributed by atoms with Gasteiger partial charge in [0.2, 0.25) is 0 Å². The molecule has 1 aromatic carbocycles. The summed E-state index contributed by atoms with van der Waals surface area (Å²) < 4.78 is 7.43. The van der Waals surface area contributed by atoms with Crippen molar-refractivity contribution in [2.75, 3.05) is 6.61 Å². The van der Waals surface area contributed by atoms with Crippen molar-refractivity contribution in [3.05, 3.63) is 59.0 Å². The van der Waals surface area contributed by atoms with E-state index in [1.54, 1.807) is 10.9 Å². The van der Waals surface area contributed by atoms with Crippen molar-refractivity contribution in [1.82, 2.24) is 25.1 Å². The van der Waals surface area contributed by atoms with Crippen molar-refractivity contribution in [2.24, 2.45) is 0 Å². The first-order chi connectivity index (χ1) is 15.4. The molecule has 1 atom stereocenters. The Morgan fingerprint density at radius 1 is 1.19 bits per heavy atom. The van der Waals surface area contributed by atoms with Crippen molar-refractivity contribution >= 4 is 5.91 Å². The Morgan fingerprint density at radius 2 is 2.00 bits per heavy atom. The Kier molecular flexibility index (Phi) is 5.29. The molecule has 1 saturated heterocycles. The fourth-order valence-corrected chi connectivity index (χ4v) is 4.81. The van der Waals surface area contributed by atoms with E-state index in [-0.39, 0.29) is 17.6 Å². The molecule has 7 nitrogen and oxygen atoms in total. The standard InChI is InChI=1S/C25H29N5O2/c1-16-21(23(31)28-19-11-12-32-25(2,3)13-19)15-27-30(16)24-26-14-18-9-6-8-17-7-4-5-10-20(17)22(18)29-24/h4-5,7,10,14-15,19H,6,8-9,11-13H2,1-3H3,(H,28,31). The van der Waals surface area contributed by atoms with E-state index in [0.717, 1.165) is 54.6 Å². The minimum Gasteiger partial charge on any atom is -0.375 e. The van der Waals surface area contributed by atoms with E-state index in [1.807, 2.05) is 13.1 Å². The number of benzene rings is 1. The number of aromatic nitrogens is 4. The van der Waals surface area contributed by atoms with Crippen molar-refractivity contribution < 1.29 is 9.53 Å². The van der Waals surface area contributed by atoms with Crippen molar-refractivity contribution in [2.45, 2.75) is 64.5 Å². The van der Waals surface area contributed by atoms with E-state index in [4.69, 9.17) is 9.72 Å². The number of carbonyl (C=O) groups excluding carboxylic acids is 1. The Labute approximate surface area is 188 Å². The third kappa shape index (κ3) is 3.93. The van der Waals surface area contributed by atoms with Crippen molar-refractivity contribution in [3.63, 3.8) is 0 Å². The lowest BCUT2D eigenvalue weighted by molar-refractivity contribution is -0.0615. The van der Waals surface area contributed by atoms with Crippen LogP contribution in [0.3, 0.4) is 0 Å². The lowest BCUT2D eigenvalue weighted by Crippen LogP contribution is -2.45. The van der Waals surface area contributed by atoms with Gasteiger partial charge in [-0.05, 0) is 64.0 Å². The van der Waals surface area contributed by atoms with E-state index in [2.05, 4.69) is 53.5 Å². The second-order valence-corrected chi connectivity index (χ2v) is 9.38. The molecule has 1 unspecified atom stereocenters. The lowest BCUT2D eigenvalue weighted by atomic mass is 9.94. The predicted molar refractivity (Wildman–Crippen MR) is 122 cm³/mol. The SMILES string of the molecule is Cc1c(C(=O)NC2CCOC(C)(C)C2)cnn1-c1ncc2c(n1)-c1ccccc1CCC2. The monoisotopic (exact) mass is 431 g/mol. The zero-order valence-corrected chi connectivity index (χ0v) is 18.9. The molecular weight excluding hydrogens is 402 g/mol. The molecule has 0 bridgehead atoms. The maximum absolute atomic E-state index is 13.0. The van der Waals surface area contributed by atoms with E-state index >= 15 is 0 Å². The zero-order chi connectivity index (χ0) is 22.3. The fraction of sp³-hybridized carbons (Fsp3) is 0.440. The molecule has 0 saturated carbocycles. The van der Waals surface area contributed by atoms with Crippen LogP contribution >= 0.6 is 0 Å². The number of carbonyl (C=O) groups is 1. The average Bonchev–Trinajstić information content (AvgIpc) is 3.05. The van der Waals surface area contributed by atoms with Crippen LogP contribution in [0, 0.1) is 6.92 Å². The first-order valence-electron chi connectivity index (χ1n) is 11.4. The van der Waals surface area contributed by atoms with E-state index in [9.17, 15) is 4.79 Å². The zero-order valence-electron chi connectivity index (χ0n) is 18.9. The van der Waals surface area contributed by atoms with Crippen LogP contribution in [-0.2, 0) is 17.6 Å². The Bertz CT molecular complexity index is 1170. The molecule has 3 heterocycles. The summed E-state index contributed by atoms with van der Waals surface area (Å²) >= 11 is 0. The van der Waals surface area contributed by atoms with Gasteiger partial charge in [-0.2, -0.15) is 5.10 Å². The Balaban J connectivity index is 1.43. The molecule has 2 aromatic heterocycles. The Hall–Kier alpha value is -3.06. The largest absolute Gasteiger partial charge is 0.375 e. The van der Waals surface area contributed by atoms with Crippen LogP contribution in [-0.4, -0.2) is 43.9 Å². The summed E-state index contributed by atoms with van der Waals surface area (Å²) in [5.74, 6) is 0.376. The van der Waals surface area contributed by atoms with Gasteiger partial charge >= 0.3 is 0 Å². The van der Waals surface area contributed by atoms with Gasteiger partial charge in [0.15, 0.2) is 0 Å². The molecule has 0 spiro atoms. The number of ether oxygens (including phenoxy) is 1. The number of rotatable bonds is 3. The molecule has 1 fully saturated rings. The summed E-state index contributed by atoms with van der Waals surface area (Å²) in [4.78, 5) is 22.5. The molecule has 1 aliphatic heterocycles. The van der Waals surface area contributed by atoms with Gasteiger partial charge in [0.1, 0.15) is 0 Å². The van der Waals surface area contributed by atoms with Crippen LogP contribution in [0.1, 0.15) is 60.3 Å². The highest BCUT2D eigenvalue weighted by Crippen LogP contribution is 2.31. The van der Waals surface area contributed by atoms with Crippen LogP contribution in [0.25, 0.3) is 17.2 Å². The Morgan fingerprint density at radius 3 is 2.84 bits per heavy atom. The van der Waals surface area contributed by atoms with Gasteiger partial charge in [-0.15, -0.1) is 0 Å². The third-order valence-corrected chi connectivity index (χ3v) is 6.49. The molecule has 3 aromatic rings. The van der Waals surface area contributed by atoms with E-state index in [1.165, 1.54) is 5.56 Å². The van der Waals surface area contributed by atoms with Crippen molar-refractivity contribution in [1.29, 1.82) is 0 Å². The van der Waals surface area contributed by atoms with Crippen LogP contribution in [0.4, 0.5) is 0 Å². The molecule has 5 rings (SSSR count). The van der Waals surface area contributed by atoms with E-state index in [0.29, 0.717) is 18.1 Å². The van der Waals surface area contributed by atoms with Crippen LogP contribution < -0.4 is 5.32 Å². The van der Waals surface area contributed by atoms with Gasteiger partial charge in [-0.3, -0.25) is 4.79 Å². The molecule has 1 aliphatic carbocycles. The summed E-state index contributed by atoms with van der Waals surface area (Å²) in [5.41, 5.74) is 5.66. The number of aryl methyl sites for hydroxylation is 2. The third-order valence-electron chi connectivity index (χ3n) is 6.49. The molecule has 1 N–H and O–H groups in total. The molecule has 0 radical (unpaired) electrons. The number of hydrogen-bond acceptors (Lipinski definition) is 5. The maximum Gasteiger partial charge on any atom is 0.254 e. The average molecular weight is 432 g/mol. The van der Waals surface area contributed by atoms with Crippen LogP contribution in [0.15, 0.2) is 36.7 Å². The molecule has 7 heteroatoms. The first-order valence-corrected chi connectivity index (χ1v) is 11.4. The quantitative estimate of drug-likeness (QED) is 0.682. The second-order valence-electron chi connectivity index (χ2n) is 9.38. The molecule has 32 heavy (non-hydrogen) atoms. The highest BCUT2D eigenvalue weighted by atomic mass is 16.5. The highest BCUT2D eigenvalue weighted by Gasteiger charge is 2.30. The molecule has 166 valence electrons. The van der Waals surface area contributed by atoms with Crippen LogP contribution in [0.5, 0.6) is 0 Å². The summed E-state index contributed by atoms with van der Waals surface area (Å²) in [6.07, 6.45) is 8.20. The van der Waals surface area contributed by atoms with Gasteiger partial charge < -0.3 is 10.1 Å². The molecular formula is C25H29N5O2. The van der Waals surface area contributed by atoms with Crippen molar-refractivity contribution in [3.8, 4) is 17.2 Å². The van der Waals surface area contributed by atoms with Gasteiger partial charge in [0, 0.05) is 24.4 Å². The van der Waals surface area contributed by atoms with Gasteiger partial charge in [0.05, 0.1) is 28.7 Å².